The fourth-order valence-electron chi connectivity index (χ4n) is 4.27. The van der Waals surface area contributed by atoms with E-state index >= 15 is 0 Å². The summed E-state index contributed by atoms with van der Waals surface area (Å²) in [6, 6.07) is 9.16. The number of hydrogen-bond acceptors (Lipinski definition) is 3. The van der Waals surface area contributed by atoms with Crippen LogP contribution < -0.4 is 5.56 Å². The first kappa shape index (κ1) is 19.4. The molecule has 0 spiro atoms. The van der Waals surface area contributed by atoms with E-state index in [0.29, 0.717) is 16.5 Å². The highest BCUT2D eigenvalue weighted by molar-refractivity contribution is 5.97. The van der Waals surface area contributed by atoms with Crippen LogP contribution in [0.15, 0.2) is 53.1 Å². The van der Waals surface area contributed by atoms with Crippen LogP contribution in [0.1, 0.15) is 53.8 Å². The Morgan fingerprint density at radius 3 is 2.79 bits per heavy atom. The number of ketones is 1. The lowest BCUT2D eigenvalue weighted by molar-refractivity contribution is 0.0970. The van der Waals surface area contributed by atoms with Crippen molar-refractivity contribution in [3.05, 3.63) is 75.6 Å². The van der Waals surface area contributed by atoms with Gasteiger partial charge in [0.2, 0.25) is 0 Å². The molecule has 1 aliphatic carbocycles. The molecule has 1 aliphatic rings. The molecule has 1 aromatic carbocycles. The van der Waals surface area contributed by atoms with Gasteiger partial charge in [-0.25, -0.2) is 4.98 Å². The fourth-order valence-corrected chi connectivity index (χ4v) is 4.27. The van der Waals surface area contributed by atoms with Gasteiger partial charge in [-0.15, -0.1) is 0 Å². The maximum atomic E-state index is 13.0. The lowest BCUT2D eigenvalue weighted by atomic mass is 9.97. The zero-order valence-electron chi connectivity index (χ0n) is 17.1. The van der Waals surface area contributed by atoms with Crippen LogP contribution in [0.3, 0.4) is 0 Å². The third kappa shape index (κ3) is 3.95. The lowest BCUT2D eigenvalue weighted by Gasteiger charge is -2.15. The number of hydrogen-bond donors (Lipinski definition) is 0. The number of para-hydroxylation sites is 1. The highest BCUT2D eigenvalue weighted by Gasteiger charge is 2.17. The Morgan fingerprint density at radius 1 is 1.17 bits per heavy atom. The van der Waals surface area contributed by atoms with E-state index in [9.17, 15) is 9.59 Å². The van der Waals surface area contributed by atoms with Crippen molar-refractivity contribution < 1.29 is 4.79 Å². The van der Waals surface area contributed by atoms with E-state index in [2.05, 4.69) is 15.6 Å². The minimum absolute atomic E-state index is 0.00607. The third-order valence-corrected chi connectivity index (χ3v) is 5.96. The normalized spacial score (nSPS) is 14.2. The molecule has 4 rings (SSSR count). The predicted octanol–water partition coefficient (Wildman–Crippen LogP) is 4.59. The summed E-state index contributed by atoms with van der Waals surface area (Å²) in [6.45, 7) is 4.94. The highest BCUT2D eigenvalue weighted by Crippen LogP contribution is 2.23. The maximum absolute atomic E-state index is 13.0. The number of allylic oxidation sites excluding steroid dienone is 2. The first-order valence-corrected chi connectivity index (χ1v) is 10.4. The van der Waals surface area contributed by atoms with Crippen molar-refractivity contribution in [1.29, 1.82) is 0 Å². The van der Waals surface area contributed by atoms with Gasteiger partial charge in [0, 0.05) is 23.5 Å². The molecule has 0 N–H and O–H groups in total. The Morgan fingerprint density at radius 2 is 2.00 bits per heavy atom. The predicted molar refractivity (Wildman–Crippen MR) is 115 cm³/mol. The van der Waals surface area contributed by atoms with E-state index in [1.165, 1.54) is 42.2 Å². The molecule has 0 amide bonds. The molecule has 3 aromatic rings. The number of carbonyl (C=O) groups excluding carboxylic acids is 1. The largest absolute Gasteiger partial charge is 0.348 e. The molecule has 0 aliphatic heterocycles. The number of fused-ring (bicyclic) bond motifs is 1. The van der Waals surface area contributed by atoms with Gasteiger partial charge in [-0.05, 0) is 64.2 Å². The number of aromatic nitrogens is 3. The van der Waals surface area contributed by atoms with Gasteiger partial charge in [0.15, 0.2) is 5.78 Å². The summed E-state index contributed by atoms with van der Waals surface area (Å²) in [5.41, 5.74) is 4.76. The molecule has 0 atom stereocenters. The molecule has 0 saturated carbocycles. The SMILES string of the molecule is Cc1cc(C(=O)Cn2cnc3ccccc3c2=O)c(C)n1CCC1=CCCCC1. The number of carbonyl (C=O) groups is 1. The van der Waals surface area contributed by atoms with Gasteiger partial charge < -0.3 is 4.57 Å². The van der Waals surface area contributed by atoms with E-state index in [4.69, 9.17) is 0 Å². The number of nitrogens with zero attached hydrogens (tertiary/aromatic N) is 3. The molecule has 150 valence electrons. The molecule has 2 aromatic heterocycles. The monoisotopic (exact) mass is 389 g/mol. The van der Waals surface area contributed by atoms with Gasteiger partial charge >= 0.3 is 0 Å². The number of rotatable bonds is 6. The van der Waals surface area contributed by atoms with Gasteiger partial charge in [0.05, 0.1) is 23.8 Å². The van der Waals surface area contributed by atoms with E-state index in [-0.39, 0.29) is 17.9 Å². The van der Waals surface area contributed by atoms with Crippen molar-refractivity contribution in [1.82, 2.24) is 14.1 Å². The first-order chi connectivity index (χ1) is 14.0. The summed E-state index contributed by atoms with van der Waals surface area (Å²) in [5, 5.41) is 0.536. The summed E-state index contributed by atoms with van der Waals surface area (Å²) in [4.78, 5) is 30.0. The van der Waals surface area contributed by atoms with Crippen LogP contribution in [0.5, 0.6) is 0 Å². The minimum atomic E-state index is -0.179. The Kier molecular flexibility index (Phi) is 5.47. The molecule has 29 heavy (non-hydrogen) atoms. The van der Waals surface area contributed by atoms with Crippen molar-refractivity contribution in [2.75, 3.05) is 0 Å². The topological polar surface area (TPSA) is 56.9 Å². The summed E-state index contributed by atoms with van der Waals surface area (Å²) in [7, 11) is 0. The second kappa shape index (κ2) is 8.19. The van der Waals surface area contributed by atoms with Crippen LogP contribution in [0.2, 0.25) is 0 Å². The Balaban J connectivity index is 1.54. The van der Waals surface area contributed by atoms with Crippen molar-refractivity contribution in [3.8, 4) is 0 Å². The van der Waals surface area contributed by atoms with Crippen LogP contribution in [-0.4, -0.2) is 19.9 Å². The van der Waals surface area contributed by atoms with E-state index in [0.717, 1.165) is 24.4 Å². The average molecular weight is 389 g/mol. The molecule has 0 radical (unpaired) electrons. The van der Waals surface area contributed by atoms with Gasteiger partial charge in [-0.1, -0.05) is 23.8 Å². The summed E-state index contributed by atoms with van der Waals surface area (Å²) in [6.07, 6.45) is 9.86. The molecule has 2 heterocycles. The summed E-state index contributed by atoms with van der Waals surface area (Å²) >= 11 is 0. The molecule has 0 unspecified atom stereocenters. The summed E-state index contributed by atoms with van der Waals surface area (Å²) in [5.74, 6) is -0.0552. The van der Waals surface area contributed by atoms with Gasteiger partial charge in [0.1, 0.15) is 0 Å². The van der Waals surface area contributed by atoms with E-state index in [1.807, 2.05) is 32.0 Å². The van der Waals surface area contributed by atoms with Crippen LogP contribution in [0.4, 0.5) is 0 Å². The quantitative estimate of drug-likeness (QED) is 0.458. The van der Waals surface area contributed by atoms with Crippen molar-refractivity contribution in [2.24, 2.45) is 0 Å². The smallest absolute Gasteiger partial charge is 0.261 e. The van der Waals surface area contributed by atoms with Crippen LogP contribution in [0.25, 0.3) is 10.9 Å². The summed E-state index contributed by atoms with van der Waals surface area (Å²) < 4.78 is 3.63. The molecule has 5 nitrogen and oxygen atoms in total. The van der Waals surface area contributed by atoms with Gasteiger partial charge in [-0.2, -0.15) is 0 Å². The fraction of sp³-hybridized carbons (Fsp3) is 0.375. The van der Waals surface area contributed by atoms with E-state index in [1.54, 1.807) is 12.1 Å². The zero-order valence-corrected chi connectivity index (χ0v) is 17.1. The lowest BCUT2D eigenvalue weighted by Crippen LogP contribution is -2.24. The second-order valence-corrected chi connectivity index (χ2v) is 7.91. The third-order valence-electron chi connectivity index (χ3n) is 5.96. The van der Waals surface area contributed by atoms with Crippen molar-refractivity contribution >= 4 is 16.7 Å². The van der Waals surface area contributed by atoms with Crippen LogP contribution in [-0.2, 0) is 13.1 Å². The minimum Gasteiger partial charge on any atom is -0.348 e. The second-order valence-electron chi connectivity index (χ2n) is 7.91. The van der Waals surface area contributed by atoms with Crippen LogP contribution >= 0.6 is 0 Å². The average Bonchev–Trinajstić information content (AvgIpc) is 3.03. The molecule has 0 fully saturated rings. The first-order valence-electron chi connectivity index (χ1n) is 10.4. The van der Waals surface area contributed by atoms with Gasteiger partial charge in [0.25, 0.3) is 5.56 Å². The zero-order chi connectivity index (χ0) is 20.4. The van der Waals surface area contributed by atoms with Gasteiger partial charge in [-0.3, -0.25) is 14.2 Å². The van der Waals surface area contributed by atoms with Crippen molar-refractivity contribution in [2.45, 2.75) is 59.0 Å². The number of aryl methyl sites for hydroxylation is 1. The molecule has 0 saturated heterocycles. The molecular weight excluding hydrogens is 362 g/mol. The molecule has 5 heteroatoms. The van der Waals surface area contributed by atoms with E-state index < -0.39 is 0 Å². The standard InChI is InChI=1S/C24H27N3O2/c1-17-14-21(18(2)27(17)13-12-19-8-4-3-5-9-19)23(28)15-26-16-25-22-11-7-6-10-20(22)24(26)29/h6-8,10-11,14,16H,3-5,9,12-13,15H2,1-2H3. The Labute approximate surface area is 170 Å². The Hall–Kier alpha value is -2.95. The molecular formula is C24H27N3O2. The molecule has 0 bridgehead atoms. The Bertz CT molecular complexity index is 1150. The number of Topliss-reactive ketones (excluding diaryl/α,β-unsaturated/α-hetero) is 1. The number of benzene rings is 1. The van der Waals surface area contributed by atoms with Crippen LogP contribution in [0, 0.1) is 13.8 Å². The maximum Gasteiger partial charge on any atom is 0.261 e. The van der Waals surface area contributed by atoms with Crippen molar-refractivity contribution in [3.63, 3.8) is 0 Å². The highest BCUT2D eigenvalue weighted by atomic mass is 16.1.